The molecule has 2 fully saturated rings. The Kier molecular flexibility index (Phi) is 5.97. The molecule has 1 amide bonds. The smallest absolute Gasteiger partial charge is 0.295 e. The molecule has 156 valence electrons. The molecule has 4 rings (SSSR count). The molecule has 6 heteroatoms. The van der Waals surface area contributed by atoms with Crippen LogP contribution < -0.4 is 4.90 Å². The zero-order chi connectivity index (χ0) is 21.1. The molecule has 2 aliphatic rings. The van der Waals surface area contributed by atoms with Crippen LogP contribution in [0.15, 0.2) is 60.2 Å². The number of carbonyl (C=O) groups excluding carboxylic acids is 2. The maximum absolute atomic E-state index is 13.0. The Morgan fingerprint density at radius 1 is 1.07 bits per heavy atom. The zero-order valence-electron chi connectivity index (χ0n) is 17.1. The van der Waals surface area contributed by atoms with Gasteiger partial charge in [-0.05, 0) is 12.5 Å². The van der Waals surface area contributed by atoms with Crippen LogP contribution in [-0.4, -0.2) is 61.1 Å². The summed E-state index contributed by atoms with van der Waals surface area (Å²) in [6.07, 6.45) is 0. The van der Waals surface area contributed by atoms with Crippen LogP contribution >= 0.6 is 0 Å². The van der Waals surface area contributed by atoms with Crippen molar-refractivity contribution in [3.8, 4) is 0 Å². The van der Waals surface area contributed by atoms with E-state index >= 15 is 0 Å². The fourth-order valence-electron chi connectivity index (χ4n) is 4.15. The first-order valence-corrected chi connectivity index (χ1v) is 10.4. The number of ketones is 1. The van der Waals surface area contributed by atoms with E-state index in [2.05, 4.69) is 0 Å². The minimum atomic E-state index is -0.626. The molecule has 2 heterocycles. The summed E-state index contributed by atoms with van der Waals surface area (Å²) in [5.41, 5.74) is 2.62. The minimum Gasteiger partial charge on any atom is -0.507 e. The molecule has 0 bridgehead atoms. The van der Waals surface area contributed by atoms with Gasteiger partial charge < -0.3 is 19.6 Å². The van der Waals surface area contributed by atoms with E-state index in [1.54, 1.807) is 29.2 Å². The van der Waals surface area contributed by atoms with Gasteiger partial charge in [0.1, 0.15) is 18.8 Å². The quantitative estimate of drug-likeness (QED) is 0.446. The number of aliphatic hydroxyl groups is 1. The predicted octanol–water partition coefficient (Wildman–Crippen LogP) is 1.33. The molecule has 1 atom stereocenters. The van der Waals surface area contributed by atoms with Gasteiger partial charge in [0.25, 0.3) is 11.7 Å². The van der Waals surface area contributed by atoms with Crippen molar-refractivity contribution in [2.45, 2.75) is 13.0 Å². The number of nitrogens with zero attached hydrogens (tertiary/aromatic N) is 1. The van der Waals surface area contributed by atoms with E-state index in [0.717, 1.165) is 30.8 Å². The summed E-state index contributed by atoms with van der Waals surface area (Å²) < 4.78 is 5.41. The maximum Gasteiger partial charge on any atom is 0.295 e. The van der Waals surface area contributed by atoms with E-state index in [1.165, 1.54) is 4.90 Å². The maximum atomic E-state index is 13.0. The van der Waals surface area contributed by atoms with Crippen LogP contribution in [0.4, 0.5) is 0 Å². The number of nitrogens with one attached hydrogen (secondary N) is 1. The predicted molar refractivity (Wildman–Crippen MR) is 113 cm³/mol. The number of quaternary nitrogens is 1. The van der Waals surface area contributed by atoms with Crippen LogP contribution in [-0.2, 0) is 14.3 Å². The third-order valence-corrected chi connectivity index (χ3v) is 5.89. The highest BCUT2D eigenvalue weighted by Gasteiger charge is 2.46. The number of Topliss-reactive ketones (excluding diaryl/α,β-unsaturated/α-hetero) is 1. The lowest BCUT2D eigenvalue weighted by molar-refractivity contribution is -0.907. The van der Waals surface area contributed by atoms with Crippen molar-refractivity contribution in [3.05, 3.63) is 76.9 Å². The van der Waals surface area contributed by atoms with Crippen molar-refractivity contribution in [2.75, 3.05) is 39.4 Å². The largest absolute Gasteiger partial charge is 0.507 e. The molecule has 2 N–H and O–H groups in total. The second-order valence-electron chi connectivity index (χ2n) is 7.88. The first-order valence-electron chi connectivity index (χ1n) is 10.4. The molecular formula is C24H27N2O4+. The lowest BCUT2D eigenvalue weighted by Gasteiger charge is -2.29. The van der Waals surface area contributed by atoms with Crippen molar-refractivity contribution < 1.29 is 24.3 Å². The molecule has 2 saturated heterocycles. The topological polar surface area (TPSA) is 71.3 Å². The molecule has 0 spiro atoms. The molecule has 30 heavy (non-hydrogen) atoms. The van der Waals surface area contributed by atoms with Crippen molar-refractivity contribution >= 4 is 17.4 Å². The molecule has 6 nitrogen and oxygen atoms in total. The number of ether oxygens (including phenoxy) is 1. The van der Waals surface area contributed by atoms with Gasteiger partial charge in [-0.15, -0.1) is 0 Å². The number of benzene rings is 2. The Morgan fingerprint density at radius 2 is 1.73 bits per heavy atom. The Labute approximate surface area is 176 Å². The van der Waals surface area contributed by atoms with Crippen LogP contribution in [0.2, 0.25) is 0 Å². The Bertz CT molecular complexity index is 947. The van der Waals surface area contributed by atoms with Crippen LogP contribution in [0.25, 0.3) is 5.76 Å². The SMILES string of the molecule is Cc1ccc([C@@H]2C(=C(O)c3ccccc3)C(=O)C(=O)N2CC[NH+]2CCOCC2)cc1. The highest BCUT2D eigenvalue weighted by molar-refractivity contribution is 6.46. The molecule has 2 aliphatic heterocycles. The molecule has 2 aromatic rings. The lowest BCUT2D eigenvalue weighted by Crippen LogP contribution is -3.14. The third-order valence-electron chi connectivity index (χ3n) is 5.89. The average Bonchev–Trinajstić information content (AvgIpc) is 3.04. The number of hydrogen-bond acceptors (Lipinski definition) is 4. The average molecular weight is 407 g/mol. The second-order valence-corrected chi connectivity index (χ2v) is 7.88. The number of hydrogen-bond donors (Lipinski definition) is 2. The van der Waals surface area contributed by atoms with Crippen molar-refractivity contribution in [1.82, 2.24) is 4.90 Å². The minimum absolute atomic E-state index is 0.124. The van der Waals surface area contributed by atoms with E-state index in [0.29, 0.717) is 25.3 Å². The number of aliphatic hydroxyl groups excluding tert-OH is 1. The summed E-state index contributed by atoms with van der Waals surface area (Å²) in [6, 6.07) is 16.1. The lowest BCUT2D eigenvalue weighted by atomic mass is 9.95. The molecular weight excluding hydrogens is 380 g/mol. The van der Waals surface area contributed by atoms with E-state index in [4.69, 9.17) is 4.74 Å². The Morgan fingerprint density at radius 3 is 2.40 bits per heavy atom. The standard InChI is InChI=1S/C24H26N2O4/c1-17-7-9-18(10-8-17)21-20(22(27)19-5-3-2-4-6-19)23(28)24(29)26(21)12-11-25-13-15-30-16-14-25/h2-10,21,27H,11-16H2,1H3/p+1/t21-/m1/s1. The Hall–Kier alpha value is -2.96. The van der Waals surface area contributed by atoms with E-state index in [1.807, 2.05) is 37.3 Å². The van der Waals surface area contributed by atoms with Gasteiger partial charge in [-0.25, -0.2) is 0 Å². The first-order chi connectivity index (χ1) is 14.6. The zero-order valence-corrected chi connectivity index (χ0v) is 17.1. The number of aryl methyl sites for hydroxylation is 1. The van der Waals surface area contributed by atoms with Crippen LogP contribution in [0.1, 0.15) is 22.7 Å². The molecule has 0 radical (unpaired) electrons. The van der Waals surface area contributed by atoms with Gasteiger partial charge in [-0.1, -0.05) is 60.2 Å². The van der Waals surface area contributed by atoms with Crippen LogP contribution in [0.3, 0.4) is 0 Å². The van der Waals surface area contributed by atoms with Gasteiger partial charge in [0, 0.05) is 5.56 Å². The van der Waals surface area contributed by atoms with E-state index < -0.39 is 17.7 Å². The van der Waals surface area contributed by atoms with Gasteiger partial charge in [0.15, 0.2) is 0 Å². The summed E-state index contributed by atoms with van der Waals surface area (Å²) in [4.78, 5) is 28.9. The van der Waals surface area contributed by atoms with Crippen molar-refractivity contribution in [3.63, 3.8) is 0 Å². The molecule has 2 aromatic carbocycles. The number of amides is 1. The van der Waals surface area contributed by atoms with Gasteiger partial charge in [0.2, 0.25) is 0 Å². The van der Waals surface area contributed by atoms with Crippen LogP contribution in [0, 0.1) is 6.92 Å². The highest BCUT2D eigenvalue weighted by Crippen LogP contribution is 2.39. The first kappa shape index (κ1) is 20.3. The number of morpholine rings is 1. The summed E-state index contributed by atoms with van der Waals surface area (Å²) >= 11 is 0. The highest BCUT2D eigenvalue weighted by atomic mass is 16.5. The van der Waals surface area contributed by atoms with Gasteiger partial charge in [0.05, 0.1) is 37.9 Å². The van der Waals surface area contributed by atoms with Gasteiger partial charge in [-0.3, -0.25) is 9.59 Å². The monoisotopic (exact) mass is 407 g/mol. The summed E-state index contributed by atoms with van der Waals surface area (Å²) in [7, 11) is 0. The summed E-state index contributed by atoms with van der Waals surface area (Å²) in [5, 5.41) is 11.0. The second kappa shape index (κ2) is 8.81. The Balaban J connectivity index is 1.72. The molecule has 0 aromatic heterocycles. The summed E-state index contributed by atoms with van der Waals surface area (Å²) in [5.74, 6) is -1.30. The van der Waals surface area contributed by atoms with Crippen molar-refractivity contribution in [2.24, 2.45) is 0 Å². The van der Waals surface area contributed by atoms with Crippen molar-refractivity contribution in [1.29, 1.82) is 0 Å². The number of likely N-dealkylation sites (tertiary alicyclic amines) is 1. The fraction of sp³-hybridized carbons (Fsp3) is 0.333. The van der Waals surface area contributed by atoms with E-state index in [9.17, 15) is 14.7 Å². The van der Waals surface area contributed by atoms with E-state index in [-0.39, 0.29) is 11.3 Å². The molecule has 0 unspecified atom stereocenters. The third kappa shape index (κ3) is 4.01. The molecule has 0 saturated carbocycles. The van der Waals surface area contributed by atoms with Gasteiger partial charge >= 0.3 is 0 Å². The summed E-state index contributed by atoms with van der Waals surface area (Å²) in [6.45, 7) is 6.39. The normalized spacial score (nSPS) is 21.9. The molecule has 0 aliphatic carbocycles. The number of carbonyl (C=O) groups is 2. The number of rotatable bonds is 5. The van der Waals surface area contributed by atoms with Crippen LogP contribution in [0.5, 0.6) is 0 Å². The fourth-order valence-corrected chi connectivity index (χ4v) is 4.15. The van der Waals surface area contributed by atoms with Gasteiger partial charge in [-0.2, -0.15) is 0 Å².